The molecule has 0 amide bonds. The Hall–Kier alpha value is -2.02. The maximum Gasteiger partial charge on any atom is 0.495 e. The summed E-state index contributed by atoms with van der Waals surface area (Å²) in [4.78, 5) is 14.7. The van der Waals surface area contributed by atoms with Crippen molar-refractivity contribution in [3.8, 4) is 0 Å². The van der Waals surface area contributed by atoms with E-state index in [-0.39, 0.29) is 5.56 Å². The molecular weight excluding hydrogens is 297 g/mol. The molecule has 0 aromatic heterocycles. The van der Waals surface area contributed by atoms with Crippen molar-refractivity contribution in [1.29, 1.82) is 0 Å². The van der Waals surface area contributed by atoms with Crippen LogP contribution in [0.2, 0.25) is 0 Å². The minimum atomic E-state index is -0.655. The van der Waals surface area contributed by atoms with Gasteiger partial charge in [-0.1, -0.05) is 5.11 Å². The van der Waals surface area contributed by atoms with Gasteiger partial charge in [0.2, 0.25) is 0 Å². The van der Waals surface area contributed by atoms with Gasteiger partial charge in [0, 0.05) is 10.6 Å². The molecule has 1 aliphatic heterocycles. The van der Waals surface area contributed by atoms with Crippen LogP contribution in [0, 0.1) is 6.92 Å². The van der Waals surface area contributed by atoms with Crippen LogP contribution in [0.1, 0.15) is 43.6 Å². The smallest absolute Gasteiger partial charge is 0.465 e. The fourth-order valence-electron chi connectivity index (χ4n) is 2.32. The number of benzene rings is 1. The number of rotatable bonds is 3. The number of esters is 1. The SMILES string of the molecule is COC(=O)c1cc(N=[N+]=[N-])c(C)c(B2OC(C)(C)C(C)(C)O2)c1. The number of nitrogens with zero attached hydrogens (tertiary/aromatic N) is 3. The van der Waals surface area contributed by atoms with Crippen molar-refractivity contribution in [3.63, 3.8) is 0 Å². The molecule has 0 unspecified atom stereocenters. The van der Waals surface area contributed by atoms with E-state index in [0.29, 0.717) is 16.7 Å². The summed E-state index contributed by atoms with van der Waals surface area (Å²) in [5.41, 5.74) is 9.69. The highest BCUT2D eigenvalue weighted by atomic mass is 16.7. The molecule has 23 heavy (non-hydrogen) atoms. The number of hydrogen-bond acceptors (Lipinski definition) is 5. The molecule has 0 spiro atoms. The van der Waals surface area contributed by atoms with Gasteiger partial charge in [-0.3, -0.25) is 0 Å². The van der Waals surface area contributed by atoms with Crippen LogP contribution in [-0.4, -0.2) is 31.4 Å². The average Bonchev–Trinajstić information content (AvgIpc) is 2.68. The molecule has 8 heteroatoms. The third kappa shape index (κ3) is 3.06. The number of carbonyl (C=O) groups excluding carboxylic acids is 1. The van der Waals surface area contributed by atoms with Gasteiger partial charge in [-0.15, -0.1) is 0 Å². The lowest BCUT2D eigenvalue weighted by Gasteiger charge is -2.32. The van der Waals surface area contributed by atoms with Crippen LogP contribution in [0.25, 0.3) is 10.4 Å². The van der Waals surface area contributed by atoms with E-state index in [1.54, 1.807) is 13.0 Å². The largest absolute Gasteiger partial charge is 0.495 e. The molecular formula is C15H20BN3O4. The van der Waals surface area contributed by atoms with Gasteiger partial charge in [0.05, 0.1) is 23.9 Å². The minimum Gasteiger partial charge on any atom is -0.465 e. The molecule has 1 saturated heterocycles. The third-order valence-electron chi connectivity index (χ3n) is 4.50. The lowest BCUT2D eigenvalue weighted by atomic mass is 9.75. The van der Waals surface area contributed by atoms with Crippen molar-refractivity contribution in [2.45, 2.75) is 45.8 Å². The lowest BCUT2D eigenvalue weighted by Crippen LogP contribution is -2.41. The van der Waals surface area contributed by atoms with Gasteiger partial charge in [-0.2, -0.15) is 0 Å². The van der Waals surface area contributed by atoms with Crippen molar-refractivity contribution in [1.82, 2.24) is 0 Å². The monoisotopic (exact) mass is 317 g/mol. The summed E-state index contributed by atoms with van der Waals surface area (Å²) in [5, 5.41) is 3.65. The average molecular weight is 317 g/mol. The van der Waals surface area contributed by atoms with Crippen LogP contribution in [0.3, 0.4) is 0 Å². The van der Waals surface area contributed by atoms with E-state index in [1.165, 1.54) is 13.2 Å². The van der Waals surface area contributed by atoms with Crippen molar-refractivity contribution >= 4 is 24.2 Å². The number of ether oxygens (including phenoxy) is 1. The third-order valence-corrected chi connectivity index (χ3v) is 4.50. The molecule has 122 valence electrons. The molecule has 0 N–H and O–H groups in total. The van der Waals surface area contributed by atoms with E-state index in [4.69, 9.17) is 19.6 Å². The summed E-state index contributed by atoms with van der Waals surface area (Å²) in [6.45, 7) is 9.58. The summed E-state index contributed by atoms with van der Waals surface area (Å²) in [6, 6.07) is 3.15. The topological polar surface area (TPSA) is 93.5 Å². The highest BCUT2D eigenvalue weighted by molar-refractivity contribution is 6.63. The zero-order chi connectivity index (χ0) is 17.4. The minimum absolute atomic E-state index is 0.283. The van der Waals surface area contributed by atoms with Crippen LogP contribution in [-0.2, 0) is 14.0 Å². The Bertz CT molecular complexity index is 680. The van der Waals surface area contributed by atoms with Gasteiger partial charge in [-0.05, 0) is 63.3 Å². The van der Waals surface area contributed by atoms with Crippen molar-refractivity contribution in [3.05, 3.63) is 33.7 Å². The Kier molecular flexibility index (Phi) is 4.44. The second-order valence-electron chi connectivity index (χ2n) is 6.48. The van der Waals surface area contributed by atoms with Crippen LogP contribution < -0.4 is 5.46 Å². The molecule has 0 radical (unpaired) electrons. The normalized spacial score (nSPS) is 18.4. The molecule has 1 fully saturated rings. The second kappa shape index (κ2) is 5.89. The summed E-state index contributed by atoms with van der Waals surface area (Å²) in [6.07, 6.45) is 0. The summed E-state index contributed by atoms with van der Waals surface area (Å²) < 4.78 is 16.8. The van der Waals surface area contributed by atoms with Crippen molar-refractivity contribution < 1.29 is 18.8 Å². The van der Waals surface area contributed by atoms with E-state index in [9.17, 15) is 4.79 Å². The summed E-state index contributed by atoms with van der Waals surface area (Å²) in [5.74, 6) is -0.517. The van der Waals surface area contributed by atoms with E-state index in [0.717, 1.165) is 0 Å². The number of hydrogen-bond donors (Lipinski definition) is 0. The van der Waals surface area contributed by atoms with Gasteiger partial charge >= 0.3 is 13.1 Å². The van der Waals surface area contributed by atoms with Gasteiger partial charge in [0.1, 0.15) is 0 Å². The molecule has 0 aliphatic carbocycles. The first-order chi connectivity index (χ1) is 10.6. The first-order valence-corrected chi connectivity index (χ1v) is 7.26. The molecule has 1 heterocycles. The quantitative estimate of drug-likeness (QED) is 0.281. The van der Waals surface area contributed by atoms with Gasteiger partial charge in [0.15, 0.2) is 0 Å². The number of azide groups is 1. The fourth-order valence-corrected chi connectivity index (χ4v) is 2.32. The molecule has 0 atom stereocenters. The van der Waals surface area contributed by atoms with Crippen LogP contribution in [0.5, 0.6) is 0 Å². The summed E-state index contributed by atoms with van der Waals surface area (Å²) in [7, 11) is 0.640. The molecule has 1 aliphatic rings. The fraction of sp³-hybridized carbons (Fsp3) is 0.533. The van der Waals surface area contributed by atoms with E-state index >= 15 is 0 Å². The predicted octanol–water partition coefficient (Wildman–Crippen LogP) is 3.02. The molecule has 1 aromatic carbocycles. The molecule has 2 rings (SSSR count). The van der Waals surface area contributed by atoms with Crippen LogP contribution in [0.15, 0.2) is 17.2 Å². The van der Waals surface area contributed by atoms with Gasteiger partial charge < -0.3 is 14.0 Å². The maximum absolute atomic E-state index is 11.9. The number of carbonyl (C=O) groups is 1. The Labute approximate surface area is 135 Å². The Morgan fingerprint density at radius 2 is 1.83 bits per heavy atom. The van der Waals surface area contributed by atoms with Gasteiger partial charge in [-0.25, -0.2) is 4.79 Å². The highest BCUT2D eigenvalue weighted by Crippen LogP contribution is 2.37. The molecule has 1 aromatic rings. The van der Waals surface area contributed by atoms with E-state index in [1.807, 2.05) is 27.7 Å². The number of methoxy groups -OCH3 is 1. The van der Waals surface area contributed by atoms with Crippen LogP contribution in [0.4, 0.5) is 5.69 Å². The molecule has 7 nitrogen and oxygen atoms in total. The van der Waals surface area contributed by atoms with E-state index < -0.39 is 24.3 Å². The second-order valence-corrected chi connectivity index (χ2v) is 6.48. The maximum atomic E-state index is 11.9. The summed E-state index contributed by atoms with van der Waals surface area (Å²) >= 11 is 0. The zero-order valence-corrected chi connectivity index (χ0v) is 14.2. The van der Waals surface area contributed by atoms with Crippen LogP contribution >= 0.6 is 0 Å². The Morgan fingerprint density at radius 3 is 2.30 bits per heavy atom. The first kappa shape index (κ1) is 17.3. The molecule has 0 saturated carbocycles. The zero-order valence-electron chi connectivity index (χ0n) is 14.2. The van der Waals surface area contributed by atoms with Crippen molar-refractivity contribution in [2.75, 3.05) is 7.11 Å². The molecule has 0 bridgehead atoms. The van der Waals surface area contributed by atoms with Gasteiger partial charge in [0.25, 0.3) is 0 Å². The Morgan fingerprint density at radius 1 is 1.26 bits per heavy atom. The standard InChI is InChI=1S/C15H20BN3O4/c1-9-11(16-22-14(2,3)15(4,5)23-16)7-10(13(20)21-6)8-12(9)18-19-17/h7-8H,1-6H3. The van der Waals surface area contributed by atoms with Crippen molar-refractivity contribution in [2.24, 2.45) is 5.11 Å². The highest BCUT2D eigenvalue weighted by Gasteiger charge is 2.52. The van der Waals surface area contributed by atoms with E-state index in [2.05, 4.69) is 10.0 Å². The first-order valence-electron chi connectivity index (χ1n) is 7.26. The lowest BCUT2D eigenvalue weighted by molar-refractivity contribution is 0.00578. The predicted molar refractivity (Wildman–Crippen MR) is 87.0 cm³/mol. The Balaban J connectivity index is 2.56.